The molecule has 4 heteroatoms. The highest BCUT2D eigenvalue weighted by Gasteiger charge is 2.23. The minimum atomic E-state index is -2.86. The van der Waals surface area contributed by atoms with Crippen LogP contribution in [0.4, 0.5) is 0 Å². The molecular weight excluding hydrogens is 355 g/mol. The Hall–Kier alpha value is 0.150. The van der Waals surface area contributed by atoms with Crippen LogP contribution >= 0.6 is 7.60 Å². The molecule has 3 nitrogen and oxygen atoms in total. The Morgan fingerprint density at radius 3 is 1.26 bits per heavy atom. The van der Waals surface area contributed by atoms with E-state index in [2.05, 4.69) is 20.8 Å². The van der Waals surface area contributed by atoms with Crippen molar-refractivity contribution >= 4 is 7.60 Å². The van der Waals surface area contributed by atoms with Crippen LogP contribution in [0.2, 0.25) is 0 Å². The third-order valence-corrected chi connectivity index (χ3v) is 7.12. The first kappa shape index (κ1) is 27.1. The van der Waals surface area contributed by atoms with E-state index >= 15 is 0 Å². The lowest BCUT2D eigenvalue weighted by molar-refractivity contribution is 0.197. The fourth-order valence-corrected chi connectivity index (χ4v) is 5.07. The first-order valence-electron chi connectivity index (χ1n) is 12.1. The first-order valence-corrected chi connectivity index (χ1v) is 13.8. The number of hydrogen-bond acceptors (Lipinski definition) is 3. The maximum absolute atomic E-state index is 12.8. The first-order chi connectivity index (χ1) is 13.2. The van der Waals surface area contributed by atoms with Gasteiger partial charge in [0.15, 0.2) is 0 Å². The second-order valence-corrected chi connectivity index (χ2v) is 10.1. The van der Waals surface area contributed by atoms with Crippen LogP contribution in [0.1, 0.15) is 130 Å². The SMILES string of the molecule is CCCCCCCCCCCCCCOP(=O)(CCCC)OCCCCC. The summed E-state index contributed by atoms with van der Waals surface area (Å²) in [6.07, 6.45) is 21.7. The summed E-state index contributed by atoms with van der Waals surface area (Å²) in [5.74, 6) is 0. The van der Waals surface area contributed by atoms with Gasteiger partial charge in [0.05, 0.1) is 19.4 Å². The molecule has 0 aliphatic heterocycles. The molecule has 0 fully saturated rings. The molecular formula is C23H49O3P. The summed E-state index contributed by atoms with van der Waals surface area (Å²) < 4.78 is 24.2. The maximum atomic E-state index is 12.8. The highest BCUT2D eigenvalue weighted by molar-refractivity contribution is 7.53. The molecule has 0 spiro atoms. The van der Waals surface area contributed by atoms with Crippen LogP contribution in [0.3, 0.4) is 0 Å². The molecule has 1 atom stereocenters. The Labute approximate surface area is 170 Å². The Morgan fingerprint density at radius 1 is 0.481 bits per heavy atom. The van der Waals surface area contributed by atoms with Crippen molar-refractivity contribution in [3.8, 4) is 0 Å². The second-order valence-electron chi connectivity index (χ2n) is 7.95. The summed E-state index contributed by atoms with van der Waals surface area (Å²) >= 11 is 0. The zero-order valence-corrected chi connectivity index (χ0v) is 19.7. The molecule has 0 amide bonds. The predicted octanol–water partition coefficient (Wildman–Crippen LogP) is 8.90. The monoisotopic (exact) mass is 404 g/mol. The molecule has 0 saturated heterocycles. The van der Waals surface area contributed by atoms with E-state index in [0.717, 1.165) is 38.5 Å². The zero-order valence-electron chi connectivity index (χ0n) is 18.8. The van der Waals surface area contributed by atoms with Crippen LogP contribution in [0.25, 0.3) is 0 Å². The van der Waals surface area contributed by atoms with E-state index in [9.17, 15) is 4.57 Å². The maximum Gasteiger partial charge on any atom is 0.330 e. The highest BCUT2D eigenvalue weighted by Crippen LogP contribution is 2.49. The van der Waals surface area contributed by atoms with Gasteiger partial charge in [-0.3, -0.25) is 4.57 Å². The van der Waals surface area contributed by atoms with E-state index < -0.39 is 7.60 Å². The number of hydrogen-bond donors (Lipinski definition) is 0. The average molecular weight is 405 g/mol. The van der Waals surface area contributed by atoms with E-state index in [1.54, 1.807) is 0 Å². The summed E-state index contributed by atoms with van der Waals surface area (Å²) in [6.45, 7) is 7.72. The molecule has 0 radical (unpaired) electrons. The predicted molar refractivity (Wildman–Crippen MR) is 120 cm³/mol. The molecule has 0 aliphatic rings. The molecule has 0 aromatic rings. The molecule has 0 aromatic heterocycles. The van der Waals surface area contributed by atoms with E-state index in [-0.39, 0.29) is 0 Å². The van der Waals surface area contributed by atoms with E-state index in [4.69, 9.17) is 9.05 Å². The third kappa shape index (κ3) is 19.2. The van der Waals surface area contributed by atoms with Crippen molar-refractivity contribution in [3.05, 3.63) is 0 Å². The third-order valence-electron chi connectivity index (χ3n) is 5.11. The summed E-state index contributed by atoms with van der Waals surface area (Å²) in [7, 11) is -2.86. The molecule has 0 saturated carbocycles. The van der Waals surface area contributed by atoms with Crippen molar-refractivity contribution in [2.45, 2.75) is 130 Å². The van der Waals surface area contributed by atoms with Gasteiger partial charge in [0.1, 0.15) is 0 Å². The number of rotatable bonds is 22. The molecule has 0 bridgehead atoms. The van der Waals surface area contributed by atoms with Crippen molar-refractivity contribution in [1.82, 2.24) is 0 Å². The largest absolute Gasteiger partial charge is 0.330 e. The lowest BCUT2D eigenvalue weighted by atomic mass is 10.1. The fraction of sp³-hybridized carbons (Fsp3) is 1.00. The van der Waals surface area contributed by atoms with E-state index in [1.165, 1.54) is 70.6 Å². The molecule has 164 valence electrons. The molecule has 1 unspecified atom stereocenters. The molecule has 0 heterocycles. The Kier molecular flexibility index (Phi) is 21.0. The minimum Gasteiger partial charge on any atom is -0.309 e. The van der Waals surface area contributed by atoms with Crippen molar-refractivity contribution in [2.24, 2.45) is 0 Å². The van der Waals surface area contributed by atoms with Gasteiger partial charge in [0, 0.05) is 0 Å². The normalized spacial score (nSPS) is 13.7. The van der Waals surface area contributed by atoms with Gasteiger partial charge in [-0.15, -0.1) is 0 Å². The second kappa shape index (κ2) is 20.9. The lowest BCUT2D eigenvalue weighted by Gasteiger charge is -2.18. The van der Waals surface area contributed by atoms with Crippen LogP contribution in [-0.2, 0) is 13.6 Å². The van der Waals surface area contributed by atoms with Gasteiger partial charge in [-0.05, 0) is 19.3 Å². The summed E-state index contributed by atoms with van der Waals surface area (Å²) in [5, 5.41) is 0. The molecule has 27 heavy (non-hydrogen) atoms. The molecule has 0 rings (SSSR count). The topological polar surface area (TPSA) is 35.5 Å². The van der Waals surface area contributed by atoms with Crippen molar-refractivity contribution < 1.29 is 13.6 Å². The van der Waals surface area contributed by atoms with Crippen LogP contribution in [0.15, 0.2) is 0 Å². The van der Waals surface area contributed by atoms with Gasteiger partial charge in [0.25, 0.3) is 0 Å². The molecule has 0 N–H and O–H groups in total. The standard InChI is InChI=1S/C23H49O3P/c1-4-7-10-11-12-13-14-15-16-17-18-20-22-26-27(24,23-9-6-3)25-21-19-8-5-2/h4-23H2,1-3H3. The quantitative estimate of drug-likeness (QED) is 0.133. The van der Waals surface area contributed by atoms with Crippen LogP contribution in [0.5, 0.6) is 0 Å². The van der Waals surface area contributed by atoms with Gasteiger partial charge in [0.2, 0.25) is 0 Å². The zero-order chi connectivity index (χ0) is 20.1. The van der Waals surface area contributed by atoms with Gasteiger partial charge < -0.3 is 9.05 Å². The summed E-state index contributed by atoms with van der Waals surface area (Å²) in [5.41, 5.74) is 0. The smallest absolute Gasteiger partial charge is 0.309 e. The van der Waals surface area contributed by atoms with Gasteiger partial charge in [-0.2, -0.15) is 0 Å². The van der Waals surface area contributed by atoms with Gasteiger partial charge in [-0.1, -0.05) is 111 Å². The minimum absolute atomic E-state index is 0.577. The summed E-state index contributed by atoms with van der Waals surface area (Å²) in [6, 6.07) is 0. The van der Waals surface area contributed by atoms with E-state index in [0.29, 0.717) is 19.4 Å². The van der Waals surface area contributed by atoms with Crippen molar-refractivity contribution in [1.29, 1.82) is 0 Å². The highest BCUT2D eigenvalue weighted by atomic mass is 31.2. The molecule has 0 aliphatic carbocycles. The average Bonchev–Trinajstić information content (AvgIpc) is 2.67. The van der Waals surface area contributed by atoms with Crippen molar-refractivity contribution in [3.63, 3.8) is 0 Å². The van der Waals surface area contributed by atoms with Crippen molar-refractivity contribution in [2.75, 3.05) is 19.4 Å². The Balaban J connectivity index is 3.60. The van der Waals surface area contributed by atoms with Gasteiger partial charge in [-0.25, -0.2) is 0 Å². The van der Waals surface area contributed by atoms with Crippen LogP contribution in [0, 0.1) is 0 Å². The fourth-order valence-electron chi connectivity index (χ4n) is 3.22. The lowest BCUT2D eigenvalue weighted by Crippen LogP contribution is -2.03. The number of unbranched alkanes of at least 4 members (excludes halogenated alkanes) is 14. The van der Waals surface area contributed by atoms with Crippen LogP contribution in [-0.4, -0.2) is 19.4 Å². The molecule has 0 aromatic carbocycles. The Morgan fingerprint density at radius 2 is 0.815 bits per heavy atom. The van der Waals surface area contributed by atoms with Gasteiger partial charge >= 0.3 is 7.60 Å². The summed E-state index contributed by atoms with van der Waals surface area (Å²) in [4.78, 5) is 0. The van der Waals surface area contributed by atoms with E-state index in [1.807, 2.05) is 0 Å². The Bertz CT molecular complexity index is 334. The van der Waals surface area contributed by atoms with Crippen LogP contribution < -0.4 is 0 Å².